The second kappa shape index (κ2) is 10.3. The van der Waals surface area contributed by atoms with Crippen LogP contribution in [0.3, 0.4) is 0 Å². The topological polar surface area (TPSA) is 99.6 Å². The molecule has 0 aliphatic heterocycles. The van der Waals surface area contributed by atoms with E-state index in [0.717, 1.165) is 41.0 Å². The number of carbonyl (C=O) groups excluding carboxylic acids is 1. The van der Waals surface area contributed by atoms with Crippen molar-refractivity contribution in [2.75, 3.05) is 5.73 Å². The van der Waals surface area contributed by atoms with Crippen molar-refractivity contribution in [2.45, 2.75) is 26.2 Å². The van der Waals surface area contributed by atoms with Gasteiger partial charge in [-0.2, -0.15) is 0 Å². The van der Waals surface area contributed by atoms with E-state index in [9.17, 15) is 4.79 Å². The van der Waals surface area contributed by atoms with Crippen LogP contribution in [-0.2, 0) is 12.8 Å². The van der Waals surface area contributed by atoms with Crippen LogP contribution in [0.1, 0.15) is 35.0 Å². The maximum atomic E-state index is 13.4. The highest BCUT2D eigenvalue weighted by Crippen LogP contribution is 2.25. The molecule has 0 aliphatic carbocycles. The molecule has 0 unspecified atom stereocenters. The lowest BCUT2D eigenvalue weighted by atomic mass is 10.0. The molecule has 0 saturated heterocycles. The van der Waals surface area contributed by atoms with Gasteiger partial charge in [0.15, 0.2) is 11.6 Å². The van der Waals surface area contributed by atoms with E-state index < -0.39 is 0 Å². The molecular formula is C29H26N6O. The zero-order valence-corrected chi connectivity index (χ0v) is 20.0. The third kappa shape index (κ3) is 4.77. The van der Waals surface area contributed by atoms with Gasteiger partial charge >= 0.3 is 0 Å². The summed E-state index contributed by atoms with van der Waals surface area (Å²) in [6.07, 6.45) is 10.8. The molecule has 3 aromatic heterocycles. The van der Waals surface area contributed by atoms with Gasteiger partial charge in [-0.1, -0.05) is 67.9 Å². The summed E-state index contributed by atoms with van der Waals surface area (Å²) in [5.74, 6) is 0.674. The van der Waals surface area contributed by atoms with Gasteiger partial charge < -0.3 is 5.73 Å². The van der Waals surface area contributed by atoms with Crippen LogP contribution in [0.5, 0.6) is 0 Å². The highest BCUT2D eigenvalue weighted by Gasteiger charge is 2.19. The molecule has 7 heteroatoms. The van der Waals surface area contributed by atoms with E-state index in [4.69, 9.17) is 5.73 Å². The number of aryl methyl sites for hydroxylation is 1. The van der Waals surface area contributed by atoms with E-state index in [0.29, 0.717) is 5.69 Å². The minimum absolute atomic E-state index is 0.0767. The van der Waals surface area contributed by atoms with Crippen LogP contribution in [0.25, 0.3) is 28.3 Å². The second-order valence-electron chi connectivity index (χ2n) is 8.53. The number of nitrogen functional groups attached to an aromatic ring is 1. The number of pyridine rings is 1. The van der Waals surface area contributed by atoms with E-state index in [1.165, 1.54) is 5.56 Å². The van der Waals surface area contributed by atoms with Gasteiger partial charge in [-0.05, 0) is 18.1 Å². The fourth-order valence-corrected chi connectivity index (χ4v) is 4.22. The number of imidazole rings is 1. The first-order valence-electron chi connectivity index (χ1n) is 11.9. The number of carbonyl (C=O) groups is 1. The molecule has 178 valence electrons. The number of nitrogens with two attached hydrogens (primary N) is 1. The molecule has 3 heterocycles. The molecule has 0 bridgehead atoms. The molecule has 7 nitrogen and oxygen atoms in total. The molecule has 0 saturated carbocycles. The van der Waals surface area contributed by atoms with Crippen LogP contribution in [0, 0.1) is 0 Å². The average Bonchev–Trinajstić information content (AvgIpc) is 3.40. The average molecular weight is 475 g/mol. The molecule has 0 spiro atoms. The van der Waals surface area contributed by atoms with Gasteiger partial charge in [0.25, 0.3) is 0 Å². The summed E-state index contributed by atoms with van der Waals surface area (Å²) in [5, 5.41) is 0. The fraction of sp³-hybridized carbons (Fsp3) is 0.138. The number of aromatic nitrogens is 5. The molecule has 2 aromatic carbocycles. The fourth-order valence-electron chi connectivity index (χ4n) is 4.22. The second-order valence-corrected chi connectivity index (χ2v) is 8.53. The largest absolute Gasteiger partial charge is 0.382 e. The molecule has 36 heavy (non-hydrogen) atoms. The number of hydrogen-bond donors (Lipinski definition) is 1. The Morgan fingerprint density at radius 2 is 1.72 bits per heavy atom. The van der Waals surface area contributed by atoms with Crippen LogP contribution in [0.2, 0.25) is 0 Å². The number of ketones is 1. The van der Waals surface area contributed by atoms with Crippen molar-refractivity contribution in [3.63, 3.8) is 0 Å². The van der Waals surface area contributed by atoms with Crippen molar-refractivity contribution in [1.29, 1.82) is 0 Å². The van der Waals surface area contributed by atoms with Gasteiger partial charge in [0, 0.05) is 47.9 Å². The minimum Gasteiger partial charge on any atom is -0.382 e. The maximum Gasteiger partial charge on any atom is 0.189 e. The molecule has 5 aromatic rings. The molecule has 0 radical (unpaired) electrons. The van der Waals surface area contributed by atoms with Gasteiger partial charge in [0.1, 0.15) is 11.5 Å². The molecule has 0 amide bonds. The quantitative estimate of drug-likeness (QED) is 0.304. The molecule has 2 N–H and O–H groups in total. The summed E-state index contributed by atoms with van der Waals surface area (Å²) in [4.78, 5) is 31.1. The van der Waals surface area contributed by atoms with Crippen molar-refractivity contribution >= 4 is 11.6 Å². The highest BCUT2D eigenvalue weighted by atomic mass is 16.1. The number of Topliss-reactive ketones (excluding diaryl/α,β-unsaturated/α-hetero) is 1. The first-order chi connectivity index (χ1) is 17.6. The van der Waals surface area contributed by atoms with Gasteiger partial charge in [-0.15, -0.1) is 0 Å². The lowest BCUT2D eigenvalue weighted by Gasteiger charge is -2.13. The third-order valence-corrected chi connectivity index (χ3v) is 6.01. The monoisotopic (exact) mass is 474 g/mol. The molecule has 0 aliphatic rings. The van der Waals surface area contributed by atoms with E-state index in [2.05, 4.69) is 39.0 Å². The normalized spacial score (nSPS) is 10.9. The van der Waals surface area contributed by atoms with Crippen molar-refractivity contribution in [3.8, 4) is 28.3 Å². The number of nitrogens with zero attached hydrogens (tertiary/aromatic N) is 5. The lowest BCUT2D eigenvalue weighted by molar-refractivity contribution is 0.0989. The van der Waals surface area contributed by atoms with E-state index in [-0.39, 0.29) is 23.7 Å². The summed E-state index contributed by atoms with van der Waals surface area (Å²) in [6.45, 7) is 2.15. The van der Waals surface area contributed by atoms with Crippen LogP contribution in [0.4, 0.5) is 5.82 Å². The van der Waals surface area contributed by atoms with E-state index >= 15 is 0 Å². The minimum atomic E-state index is -0.222. The summed E-state index contributed by atoms with van der Waals surface area (Å²) in [5.41, 5.74) is 11.6. The first kappa shape index (κ1) is 23.1. The Labute approximate surface area is 209 Å². The van der Waals surface area contributed by atoms with Gasteiger partial charge in [-0.3, -0.25) is 14.3 Å². The number of anilines is 1. The molecule has 0 atom stereocenters. The maximum absolute atomic E-state index is 13.4. The van der Waals surface area contributed by atoms with Crippen LogP contribution < -0.4 is 5.73 Å². The predicted molar refractivity (Wildman–Crippen MR) is 141 cm³/mol. The number of benzene rings is 2. The van der Waals surface area contributed by atoms with Crippen molar-refractivity contribution < 1.29 is 4.79 Å². The number of rotatable bonds is 8. The molecule has 5 rings (SSSR count). The summed E-state index contributed by atoms with van der Waals surface area (Å²) < 4.78 is 1.96. The van der Waals surface area contributed by atoms with Gasteiger partial charge in [0.2, 0.25) is 0 Å². The highest BCUT2D eigenvalue weighted by molar-refractivity contribution is 6.00. The van der Waals surface area contributed by atoms with E-state index in [1.807, 2.05) is 59.3 Å². The molecular weight excluding hydrogens is 448 g/mol. The van der Waals surface area contributed by atoms with Crippen molar-refractivity contribution in [3.05, 3.63) is 108 Å². The zero-order chi connectivity index (χ0) is 24.9. The van der Waals surface area contributed by atoms with Crippen LogP contribution in [0.15, 0.2) is 91.6 Å². The summed E-state index contributed by atoms with van der Waals surface area (Å²) in [7, 11) is 0. The first-order valence-corrected chi connectivity index (χ1v) is 11.9. The van der Waals surface area contributed by atoms with Crippen molar-refractivity contribution in [1.82, 2.24) is 24.5 Å². The SMILES string of the molecule is CCCc1ccc(-c2cnc(N)c(C(=O)Cc3cnccc3-n3ccnc3-c3ccccc3)n2)cc1. The third-order valence-electron chi connectivity index (χ3n) is 6.01. The lowest BCUT2D eigenvalue weighted by Crippen LogP contribution is -2.13. The Morgan fingerprint density at radius 3 is 2.50 bits per heavy atom. The number of hydrogen-bond acceptors (Lipinski definition) is 6. The summed E-state index contributed by atoms with van der Waals surface area (Å²) in [6, 6.07) is 19.9. The predicted octanol–water partition coefficient (Wildman–Crippen LogP) is 5.35. The Morgan fingerprint density at radius 1 is 0.917 bits per heavy atom. The standard InChI is InChI=1S/C29H26N6O/c1-2-6-20-9-11-21(12-10-20)24-19-33-28(30)27(34-24)26(36)17-23-18-31-14-13-25(23)35-16-15-32-29(35)22-7-4-3-5-8-22/h3-5,7-16,18-19H,2,6,17H2,1H3,(H2,30,33). The van der Waals surface area contributed by atoms with E-state index in [1.54, 1.807) is 24.8 Å². The zero-order valence-electron chi connectivity index (χ0n) is 20.0. The Balaban J connectivity index is 1.45. The van der Waals surface area contributed by atoms with Crippen molar-refractivity contribution in [2.24, 2.45) is 0 Å². The van der Waals surface area contributed by atoms with Gasteiger partial charge in [-0.25, -0.2) is 15.0 Å². The Kier molecular flexibility index (Phi) is 6.62. The summed E-state index contributed by atoms with van der Waals surface area (Å²) >= 11 is 0. The van der Waals surface area contributed by atoms with Crippen LogP contribution in [-0.4, -0.2) is 30.3 Å². The van der Waals surface area contributed by atoms with Crippen LogP contribution >= 0.6 is 0 Å². The Hall–Kier alpha value is -4.65. The smallest absolute Gasteiger partial charge is 0.189 e. The molecule has 0 fully saturated rings. The van der Waals surface area contributed by atoms with Gasteiger partial charge in [0.05, 0.1) is 17.6 Å². The Bertz CT molecular complexity index is 1490.